The predicted molar refractivity (Wildman–Crippen MR) is 55.2 cm³/mol. The topological polar surface area (TPSA) is 76.0 Å². The molecule has 0 radical (unpaired) electrons. The highest BCUT2D eigenvalue weighted by molar-refractivity contribution is 8.00. The first-order valence-electron chi connectivity index (χ1n) is 4.00. The van der Waals surface area contributed by atoms with E-state index < -0.39 is 17.3 Å². The minimum Gasteiger partial charge on any atom is -0.478 e. The lowest BCUT2D eigenvalue weighted by Gasteiger charge is -2.01. The van der Waals surface area contributed by atoms with E-state index in [1.54, 1.807) is 0 Å². The number of hydrogen-bond acceptors (Lipinski definition) is 6. The van der Waals surface area contributed by atoms with Gasteiger partial charge >= 0.3 is 5.97 Å². The lowest BCUT2D eigenvalue weighted by atomic mass is 10.3. The highest BCUT2D eigenvalue weighted by Crippen LogP contribution is 2.29. The Balaban J connectivity index is 2.35. The summed E-state index contributed by atoms with van der Waals surface area (Å²) in [5, 5.41) is 16.0. The Labute approximate surface area is 97.4 Å². The Morgan fingerprint density at radius 2 is 2.38 bits per heavy atom. The molecule has 0 amide bonds. The number of carboxylic acid groups (broad SMARTS) is 1. The van der Waals surface area contributed by atoms with Crippen molar-refractivity contribution in [3.8, 4) is 0 Å². The van der Waals surface area contributed by atoms with E-state index in [2.05, 4.69) is 15.2 Å². The first-order chi connectivity index (χ1) is 7.68. The molecule has 0 unspecified atom stereocenters. The summed E-state index contributed by atoms with van der Waals surface area (Å²) in [6, 6.07) is 1.11. The standard InChI is InChI=1S/C8H4FN3O2S2/c9-5-4(7(13)14)1-2-10-6(5)16-8-12-11-3-15-8/h1-3H,(H,13,14). The number of carbonyl (C=O) groups is 1. The third-order valence-corrected chi connectivity index (χ3v) is 3.37. The number of halogens is 1. The second-order valence-corrected chi connectivity index (χ2v) is 4.66. The minimum absolute atomic E-state index is 0.0170. The van der Waals surface area contributed by atoms with Crippen molar-refractivity contribution in [3.63, 3.8) is 0 Å². The number of carboxylic acids is 1. The van der Waals surface area contributed by atoms with Gasteiger partial charge in [0.25, 0.3) is 0 Å². The van der Waals surface area contributed by atoms with E-state index in [-0.39, 0.29) is 5.03 Å². The maximum absolute atomic E-state index is 13.6. The van der Waals surface area contributed by atoms with Crippen LogP contribution in [0.1, 0.15) is 10.4 Å². The Morgan fingerprint density at radius 3 is 3.00 bits per heavy atom. The van der Waals surface area contributed by atoms with Crippen molar-refractivity contribution in [1.82, 2.24) is 15.2 Å². The first-order valence-corrected chi connectivity index (χ1v) is 5.70. The minimum atomic E-state index is -1.32. The van der Waals surface area contributed by atoms with E-state index in [0.717, 1.165) is 17.8 Å². The van der Waals surface area contributed by atoms with Gasteiger partial charge in [-0.3, -0.25) is 0 Å². The van der Waals surface area contributed by atoms with Crippen LogP contribution in [0.15, 0.2) is 27.1 Å². The summed E-state index contributed by atoms with van der Waals surface area (Å²) in [4.78, 5) is 14.4. The largest absolute Gasteiger partial charge is 0.478 e. The van der Waals surface area contributed by atoms with E-state index in [9.17, 15) is 9.18 Å². The SMILES string of the molecule is O=C(O)c1ccnc(Sc2nncs2)c1F. The highest BCUT2D eigenvalue weighted by atomic mass is 32.2. The second kappa shape index (κ2) is 4.54. The van der Waals surface area contributed by atoms with Crippen molar-refractivity contribution in [1.29, 1.82) is 0 Å². The molecule has 2 rings (SSSR count). The molecule has 1 N–H and O–H groups in total. The van der Waals surface area contributed by atoms with Gasteiger partial charge in [-0.05, 0) is 17.8 Å². The summed E-state index contributed by atoms with van der Waals surface area (Å²) in [6.45, 7) is 0. The van der Waals surface area contributed by atoms with E-state index in [0.29, 0.717) is 4.34 Å². The molecule has 2 heterocycles. The smallest absolute Gasteiger partial charge is 0.338 e. The van der Waals surface area contributed by atoms with E-state index in [4.69, 9.17) is 5.11 Å². The molecule has 16 heavy (non-hydrogen) atoms. The molecule has 0 aliphatic rings. The van der Waals surface area contributed by atoms with Crippen LogP contribution >= 0.6 is 23.1 Å². The molecule has 5 nitrogen and oxygen atoms in total. The van der Waals surface area contributed by atoms with Crippen molar-refractivity contribution in [2.45, 2.75) is 9.37 Å². The van der Waals surface area contributed by atoms with Crippen LogP contribution < -0.4 is 0 Å². The lowest BCUT2D eigenvalue weighted by molar-refractivity contribution is 0.0691. The first kappa shape index (κ1) is 11.0. The number of nitrogens with zero attached hydrogens (tertiary/aromatic N) is 3. The number of aromatic carboxylic acids is 1. The normalized spacial score (nSPS) is 10.3. The molecule has 0 saturated heterocycles. The molecule has 0 aliphatic carbocycles. The van der Waals surface area contributed by atoms with E-state index >= 15 is 0 Å². The third-order valence-electron chi connectivity index (χ3n) is 1.61. The Hall–Kier alpha value is -1.54. The average Bonchev–Trinajstić information content (AvgIpc) is 2.73. The molecular formula is C8H4FN3O2S2. The second-order valence-electron chi connectivity index (χ2n) is 2.59. The fourth-order valence-electron chi connectivity index (χ4n) is 0.951. The summed E-state index contributed by atoms with van der Waals surface area (Å²) in [5.41, 5.74) is 1.10. The summed E-state index contributed by atoms with van der Waals surface area (Å²) in [7, 11) is 0. The zero-order valence-corrected chi connectivity index (χ0v) is 9.26. The van der Waals surface area contributed by atoms with Crippen LogP contribution in [0.25, 0.3) is 0 Å². The number of rotatable bonds is 3. The van der Waals surface area contributed by atoms with Crippen LogP contribution in [0, 0.1) is 5.82 Å². The van der Waals surface area contributed by atoms with Crippen molar-refractivity contribution in [3.05, 3.63) is 29.2 Å². The molecule has 2 aromatic rings. The Bertz CT molecular complexity index is 518. The van der Waals surface area contributed by atoms with Gasteiger partial charge in [-0.15, -0.1) is 10.2 Å². The number of hydrogen-bond donors (Lipinski definition) is 1. The van der Waals surface area contributed by atoms with Gasteiger partial charge in [-0.2, -0.15) is 0 Å². The molecule has 0 bridgehead atoms. The molecule has 0 aliphatic heterocycles. The molecule has 0 aromatic carbocycles. The van der Waals surface area contributed by atoms with Crippen LogP contribution in [-0.4, -0.2) is 26.3 Å². The van der Waals surface area contributed by atoms with Crippen molar-refractivity contribution in [2.24, 2.45) is 0 Å². The van der Waals surface area contributed by atoms with Gasteiger partial charge in [0.1, 0.15) is 10.5 Å². The van der Waals surface area contributed by atoms with Crippen LogP contribution in [0.5, 0.6) is 0 Å². The predicted octanol–water partition coefficient (Wildman–Crippen LogP) is 1.92. The quantitative estimate of drug-likeness (QED) is 0.905. The van der Waals surface area contributed by atoms with Crippen LogP contribution in [0.3, 0.4) is 0 Å². The van der Waals surface area contributed by atoms with Gasteiger partial charge < -0.3 is 5.11 Å². The fourth-order valence-corrected chi connectivity index (χ4v) is 2.35. The van der Waals surface area contributed by atoms with Gasteiger partial charge in [-0.25, -0.2) is 14.2 Å². The maximum Gasteiger partial charge on any atom is 0.338 e. The molecule has 0 spiro atoms. The summed E-state index contributed by atoms with van der Waals surface area (Å²) in [5.74, 6) is -2.17. The van der Waals surface area contributed by atoms with Gasteiger partial charge in [0.15, 0.2) is 10.2 Å². The molecule has 2 aromatic heterocycles. The molecule has 82 valence electrons. The third kappa shape index (κ3) is 2.17. The summed E-state index contributed by atoms with van der Waals surface area (Å²) >= 11 is 2.18. The highest BCUT2D eigenvalue weighted by Gasteiger charge is 2.16. The van der Waals surface area contributed by atoms with Crippen molar-refractivity contribution in [2.75, 3.05) is 0 Å². The van der Waals surface area contributed by atoms with Gasteiger partial charge in [0.2, 0.25) is 0 Å². The number of aromatic nitrogens is 3. The fraction of sp³-hybridized carbons (Fsp3) is 0. The average molecular weight is 257 g/mol. The van der Waals surface area contributed by atoms with Crippen LogP contribution in [-0.2, 0) is 0 Å². The van der Waals surface area contributed by atoms with Crippen molar-refractivity contribution < 1.29 is 14.3 Å². The zero-order valence-electron chi connectivity index (χ0n) is 7.62. The zero-order chi connectivity index (χ0) is 11.5. The number of pyridine rings is 1. The van der Waals surface area contributed by atoms with E-state index in [1.165, 1.54) is 23.0 Å². The molecular weight excluding hydrogens is 253 g/mol. The van der Waals surface area contributed by atoms with Gasteiger partial charge in [0.05, 0.1) is 5.56 Å². The summed E-state index contributed by atoms with van der Waals surface area (Å²) < 4.78 is 14.1. The van der Waals surface area contributed by atoms with Crippen LogP contribution in [0.4, 0.5) is 4.39 Å². The monoisotopic (exact) mass is 257 g/mol. The van der Waals surface area contributed by atoms with Crippen molar-refractivity contribution >= 4 is 29.1 Å². The van der Waals surface area contributed by atoms with E-state index in [1.807, 2.05) is 0 Å². The van der Waals surface area contributed by atoms with Gasteiger partial charge in [0, 0.05) is 6.20 Å². The molecule has 8 heteroatoms. The van der Waals surface area contributed by atoms with Gasteiger partial charge in [-0.1, -0.05) is 11.3 Å². The Kier molecular flexibility index (Phi) is 3.11. The maximum atomic E-state index is 13.6. The molecule has 0 atom stereocenters. The summed E-state index contributed by atoms with van der Waals surface area (Å²) in [6.07, 6.45) is 1.25. The molecule has 0 saturated carbocycles. The lowest BCUT2D eigenvalue weighted by Crippen LogP contribution is -2.02. The Morgan fingerprint density at radius 1 is 1.56 bits per heavy atom. The van der Waals surface area contributed by atoms with Crippen LogP contribution in [0.2, 0.25) is 0 Å². The molecule has 0 fully saturated rings.